The Balaban J connectivity index is 1.40. The van der Waals surface area contributed by atoms with Gasteiger partial charge >= 0.3 is 0 Å². The van der Waals surface area contributed by atoms with Crippen molar-refractivity contribution in [3.63, 3.8) is 0 Å². The molecule has 0 aliphatic heterocycles. The maximum Gasteiger partial charge on any atom is 0.257 e. The van der Waals surface area contributed by atoms with E-state index in [1.807, 2.05) is 54.6 Å². The average molecular weight is 428 g/mol. The number of carbonyl (C=O) groups excluding carboxylic acids is 1. The summed E-state index contributed by atoms with van der Waals surface area (Å²) in [5, 5.41) is 16.2. The van der Waals surface area contributed by atoms with Gasteiger partial charge in [-0.1, -0.05) is 29.8 Å². The molecule has 0 unspecified atom stereocenters. The van der Waals surface area contributed by atoms with Crippen LogP contribution in [0.3, 0.4) is 0 Å². The molecule has 5 rings (SSSR count). The molecule has 0 atom stereocenters. The third-order valence-electron chi connectivity index (χ3n) is 4.58. The van der Waals surface area contributed by atoms with Crippen LogP contribution in [-0.2, 0) is 0 Å². The van der Waals surface area contributed by atoms with Crippen molar-refractivity contribution < 1.29 is 4.79 Å². The molecule has 31 heavy (non-hydrogen) atoms. The van der Waals surface area contributed by atoms with E-state index >= 15 is 0 Å². The number of hydrogen-bond acceptors (Lipinski definition) is 6. The van der Waals surface area contributed by atoms with E-state index in [9.17, 15) is 4.79 Å². The SMILES string of the molecule is O=C(Nc1ccc(-c2ccc3nnc(-c4ccccn4)n3n2)cc1)c1ccc(Cl)nc1. The van der Waals surface area contributed by atoms with Crippen molar-refractivity contribution in [1.82, 2.24) is 29.8 Å². The van der Waals surface area contributed by atoms with Gasteiger partial charge in [-0.3, -0.25) is 9.78 Å². The number of carbonyl (C=O) groups is 1. The molecule has 1 aromatic carbocycles. The Labute approximate surface area is 181 Å². The van der Waals surface area contributed by atoms with Gasteiger partial charge in [-0.05, 0) is 48.5 Å². The lowest BCUT2D eigenvalue weighted by molar-refractivity contribution is 0.102. The van der Waals surface area contributed by atoms with E-state index in [2.05, 4.69) is 30.6 Å². The van der Waals surface area contributed by atoms with Crippen molar-refractivity contribution >= 4 is 28.8 Å². The second kappa shape index (κ2) is 7.92. The number of benzene rings is 1. The quantitative estimate of drug-likeness (QED) is 0.432. The third kappa shape index (κ3) is 3.84. The first-order valence-corrected chi connectivity index (χ1v) is 9.72. The molecule has 0 aliphatic rings. The number of hydrogen-bond donors (Lipinski definition) is 1. The van der Waals surface area contributed by atoms with Gasteiger partial charge in [0.2, 0.25) is 5.82 Å². The molecule has 0 radical (unpaired) electrons. The zero-order valence-electron chi connectivity index (χ0n) is 16.0. The predicted molar refractivity (Wildman–Crippen MR) is 117 cm³/mol. The topological polar surface area (TPSA) is 98.0 Å². The maximum absolute atomic E-state index is 12.3. The lowest BCUT2D eigenvalue weighted by atomic mass is 10.1. The van der Waals surface area contributed by atoms with Crippen LogP contribution < -0.4 is 5.32 Å². The molecule has 5 aromatic rings. The third-order valence-corrected chi connectivity index (χ3v) is 4.81. The van der Waals surface area contributed by atoms with Gasteiger partial charge in [0.1, 0.15) is 10.8 Å². The minimum absolute atomic E-state index is 0.263. The van der Waals surface area contributed by atoms with Crippen LogP contribution in [0, 0.1) is 0 Å². The first kappa shape index (κ1) is 18.8. The first-order chi connectivity index (χ1) is 15.2. The smallest absolute Gasteiger partial charge is 0.257 e. The zero-order valence-corrected chi connectivity index (χ0v) is 16.7. The van der Waals surface area contributed by atoms with Gasteiger partial charge in [-0.15, -0.1) is 10.2 Å². The summed E-state index contributed by atoms with van der Waals surface area (Å²) in [5.74, 6) is 0.305. The number of fused-ring (bicyclic) bond motifs is 1. The van der Waals surface area contributed by atoms with Crippen LogP contribution in [0.1, 0.15) is 10.4 Å². The predicted octanol–water partition coefficient (Wildman–Crippen LogP) is 4.15. The van der Waals surface area contributed by atoms with Gasteiger partial charge in [0.25, 0.3) is 5.91 Å². The maximum atomic E-state index is 12.3. The van der Waals surface area contributed by atoms with E-state index in [1.54, 1.807) is 22.8 Å². The van der Waals surface area contributed by atoms with Crippen molar-refractivity contribution in [1.29, 1.82) is 0 Å². The second-order valence-corrected chi connectivity index (χ2v) is 7.02. The minimum Gasteiger partial charge on any atom is -0.322 e. The molecular formula is C22H14ClN7O. The fraction of sp³-hybridized carbons (Fsp3) is 0. The average Bonchev–Trinajstić information content (AvgIpc) is 3.24. The Bertz CT molecular complexity index is 1370. The second-order valence-electron chi connectivity index (χ2n) is 6.63. The van der Waals surface area contributed by atoms with E-state index in [1.165, 1.54) is 6.20 Å². The fourth-order valence-electron chi connectivity index (χ4n) is 3.04. The van der Waals surface area contributed by atoms with E-state index < -0.39 is 0 Å². The van der Waals surface area contributed by atoms with Gasteiger partial charge in [-0.25, -0.2) is 4.98 Å². The highest BCUT2D eigenvalue weighted by atomic mass is 35.5. The number of pyridine rings is 2. The molecule has 9 heteroatoms. The van der Waals surface area contributed by atoms with Gasteiger partial charge in [0.15, 0.2) is 5.65 Å². The van der Waals surface area contributed by atoms with Crippen molar-refractivity contribution in [2.45, 2.75) is 0 Å². The molecule has 150 valence electrons. The standard InChI is InChI=1S/C22H14ClN7O/c23-19-10-6-15(13-25-19)22(31)26-16-7-4-14(5-8-16)17-9-11-20-27-28-21(30(20)29-17)18-3-1-2-12-24-18/h1-13H,(H,26,31). The molecular weight excluding hydrogens is 414 g/mol. The summed E-state index contributed by atoms with van der Waals surface area (Å²) in [6, 6.07) is 19.9. The highest BCUT2D eigenvalue weighted by Gasteiger charge is 2.12. The van der Waals surface area contributed by atoms with E-state index in [0.29, 0.717) is 33.6 Å². The number of rotatable bonds is 4. The Morgan fingerprint density at radius 2 is 1.74 bits per heavy atom. The van der Waals surface area contributed by atoms with E-state index in [0.717, 1.165) is 11.3 Å². The number of halogens is 1. The highest BCUT2D eigenvalue weighted by molar-refractivity contribution is 6.29. The van der Waals surface area contributed by atoms with Crippen LogP contribution in [0.5, 0.6) is 0 Å². The number of nitrogens with zero attached hydrogens (tertiary/aromatic N) is 6. The Morgan fingerprint density at radius 3 is 2.48 bits per heavy atom. The number of amides is 1. The minimum atomic E-state index is -0.263. The summed E-state index contributed by atoms with van der Waals surface area (Å²) in [6.45, 7) is 0. The summed E-state index contributed by atoms with van der Waals surface area (Å²) < 4.78 is 1.67. The summed E-state index contributed by atoms with van der Waals surface area (Å²) in [5.41, 5.74) is 4.02. The highest BCUT2D eigenvalue weighted by Crippen LogP contribution is 2.22. The van der Waals surface area contributed by atoms with Gasteiger partial charge < -0.3 is 5.32 Å². The molecule has 0 aliphatic carbocycles. The van der Waals surface area contributed by atoms with Crippen molar-refractivity contribution in [3.05, 3.63) is 89.8 Å². The lowest BCUT2D eigenvalue weighted by Gasteiger charge is -2.07. The van der Waals surface area contributed by atoms with Crippen LogP contribution in [0.4, 0.5) is 5.69 Å². The summed E-state index contributed by atoms with van der Waals surface area (Å²) in [6.07, 6.45) is 3.14. The molecule has 1 amide bonds. The van der Waals surface area contributed by atoms with Crippen LogP contribution in [0.25, 0.3) is 28.4 Å². The van der Waals surface area contributed by atoms with Crippen molar-refractivity contribution in [2.75, 3.05) is 5.32 Å². The Kier molecular flexibility index (Phi) is 4.81. The number of anilines is 1. The van der Waals surface area contributed by atoms with Gasteiger partial charge in [0, 0.05) is 23.6 Å². The molecule has 4 aromatic heterocycles. The monoisotopic (exact) mass is 427 g/mol. The Hall–Kier alpha value is -4.17. The lowest BCUT2D eigenvalue weighted by Crippen LogP contribution is -2.12. The molecule has 4 heterocycles. The molecule has 0 saturated heterocycles. The van der Waals surface area contributed by atoms with Gasteiger partial charge in [0.05, 0.1) is 11.3 Å². The van der Waals surface area contributed by atoms with E-state index in [-0.39, 0.29) is 5.91 Å². The molecule has 0 fully saturated rings. The van der Waals surface area contributed by atoms with Crippen molar-refractivity contribution in [2.24, 2.45) is 0 Å². The largest absolute Gasteiger partial charge is 0.322 e. The molecule has 1 N–H and O–H groups in total. The first-order valence-electron chi connectivity index (χ1n) is 9.34. The van der Waals surface area contributed by atoms with Crippen LogP contribution >= 0.6 is 11.6 Å². The molecule has 0 spiro atoms. The fourth-order valence-corrected chi connectivity index (χ4v) is 3.15. The normalized spacial score (nSPS) is 10.9. The van der Waals surface area contributed by atoms with E-state index in [4.69, 9.17) is 11.6 Å². The number of aromatic nitrogens is 6. The van der Waals surface area contributed by atoms with Crippen LogP contribution in [0.2, 0.25) is 5.15 Å². The van der Waals surface area contributed by atoms with Crippen LogP contribution in [-0.4, -0.2) is 35.7 Å². The van der Waals surface area contributed by atoms with Crippen molar-refractivity contribution in [3.8, 4) is 22.8 Å². The summed E-state index contributed by atoms with van der Waals surface area (Å²) in [7, 11) is 0. The summed E-state index contributed by atoms with van der Waals surface area (Å²) >= 11 is 5.76. The summed E-state index contributed by atoms with van der Waals surface area (Å²) in [4.78, 5) is 20.6. The molecule has 8 nitrogen and oxygen atoms in total. The Morgan fingerprint density at radius 1 is 0.871 bits per heavy atom. The molecule has 0 saturated carbocycles. The number of nitrogens with one attached hydrogen (secondary N) is 1. The zero-order chi connectivity index (χ0) is 21.2. The van der Waals surface area contributed by atoms with Gasteiger partial charge in [-0.2, -0.15) is 9.61 Å². The molecule has 0 bridgehead atoms. The van der Waals surface area contributed by atoms with Crippen LogP contribution in [0.15, 0.2) is 79.1 Å².